The average molecular weight is 365 g/mol. The van der Waals surface area contributed by atoms with Gasteiger partial charge in [-0.2, -0.15) is 0 Å². The van der Waals surface area contributed by atoms with E-state index in [0.29, 0.717) is 25.5 Å². The van der Waals surface area contributed by atoms with Gasteiger partial charge in [-0.05, 0) is 18.2 Å². The number of nitrogens with one attached hydrogen (secondary N) is 1. The molecule has 0 aromatic carbocycles. The van der Waals surface area contributed by atoms with Gasteiger partial charge in [0.05, 0.1) is 13.2 Å². The number of anilines is 1. The Labute approximate surface area is 156 Å². The van der Waals surface area contributed by atoms with Gasteiger partial charge >= 0.3 is 0 Å². The van der Waals surface area contributed by atoms with Crippen molar-refractivity contribution in [2.24, 2.45) is 0 Å². The van der Waals surface area contributed by atoms with Gasteiger partial charge in [0.1, 0.15) is 5.82 Å². The summed E-state index contributed by atoms with van der Waals surface area (Å²) in [6, 6.07) is 9.08. The molecule has 1 aliphatic rings. The third kappa shape index (κ3) is 3.95. The van der Waals surface area contributed by atoms with Crippen LogP contribution in [0.5, 0.6) is 0 Å². The van der Waals surface area contributed by atoms with E-state index in [0.717, 1.165) is 30.0 Å². The van der Waals surface area contributed by atoms with Crippen LogP contribution in [0.1, 0.15) is 16.1 Å². The molecule has 0 unspecified atom stereocenters. The summed E-state index contributed by atoms with van der Waals surface area (Å²) in [5.41, 5.74) is 1.94. The number of rotatable bonds is 5. The SMILES string of the molecule is O=C(NCc1cccnc1N1CCOCC1)c1cc(-c2cccnc2)on1. The molecule has 0 bridgehead atoms. The monoisotopic (exact) mass is 365 g/mol. The molecular weight excluding hydrogens is 346 g/mol. The Kier molecular flexibility index (Phi) is 5.06. The number of pyridine rings is 2. The molecule has 4 heterocycles. The maximum Gasteiger partial charge on any atom is 0.273 e. The highest BCUT2D eigenvalue weighted by Gasteiger charge is 2.18. The highest BCUT2D eigenvalue weighted by Crippen LogP contribution is 2.20. The van der Waals surface area contributed by atoms with Gasteiger partial charge in [0.25, 0.3) is 5.91 Å². The minimum absolute atomic E-state index is 0.227. The molecule has 0 atom stereocenters. The van der Waals surface area contributed by atoms with E-state index in [2.05, 4.69) is 25.3 Å². The Morgan fingerprint density at radius 3 is 2.85 bits per heavy atom. The number of aromatic nitrogens is 3. The van der Waals surface area contributed by atoms with Crippen LogP contribution in [0.15, 0.2) is 53.4 Å². The second-order valence-electron chi connectivity index (χ2n) is 6.09. The molecule has 0 aliphatic carbocycles. The van der Waals surface area contributed by atoms with Crippen molar-refractivity contribution >= 4 is 11.7 Å². The molecule has 3 aromatic rings. The molecule has 1 saturated heterocycles. The molecule has 0 saturated carbocycles. The van der Waals surface area contributed by atoms with Gasteiger partial charge < -0.3 is 19.5 Å². The first-order chi connectivity index (χ1) is 13.3. The molecule has 0 radical (unpaired) electrons. The van der Waals surface area contributed by atoms with Crippen LogP contribution in [0.3, 0.4) is 0 Å². The zero-order valence-electron chi connectivity index (χ0n) is 14.7. The predicted molar refractivity (Wildman–Crippen MR) is 98.2 cm³/mol. The fourth-order valence-electron chi connectivity index (χ4n) is 2.92. The normalized spacial score (nSPS) is 14.1. The molecule has 8 nitrogen and oxygen atoms in total. The first-order valence-corrected chi connectivity index (χ1v) is 8.73. The van der Waals surface area contributed by atoms with Gasteiger partial charge in [0.15, 0.2) is 11.5 Å². The van der Waals surface area contributed by atoms with Crippen molar-refractivity contribution in [1.82, 2.24) is 20.4 Å². The van der Waals surface area contributed by atoms with E-state index in [1.165, 1.54) is 0 Å². The van der Waals surface area contributed by atoms with Gasteiger partial charge in [-0.25, -0.2) is 4.98 Å². The lowest BCUT2D eigenvalue weighted by Crippen LogP contribution is -2.37. The van der Waals surface area contributed by atoms with Gasteiger partial charge in [-0.3, -0.25) is 9.78 Å². The van der Waals surface area contributed by atoms with Crippen LogP contribution in [-0.2, 0) is 11.3 Å². The standard InChI is InChI=1S/C19H19N5O3/c25-19(16-11-17(27-23-16)14-3-1-5-20-12-14)22-13-15-4-2-6-21-18(15)24-7-9-26-10-8-24/h1-6,11-12H,7-10,13H2,(H,22,25). The van der Waals surface area contributed by atoms with Crippen molar-refractivity contribution in [3.63, 3.8) is 0 Å². The Balaban J connectivity index is 1.43. The molecule has 8 heteroatoms. The molecule has 1 amide bonds. The lowest BCUT2D eigenvalue weighted by Gasteiger charge is -2.29. The highest BCUT2D eigenvalue weighted by molar-refractivity contribution is 5.93. The van der Waals surface area contributed by atoms with Crippen LogP contribution in [0.4, 0.5) is 5.82 Å². The number of carbonyl (C=O) groups is 1. The summed E-state index contributed by atoms with van der Waals surface area (Å²) in [6.45, 7) is 3.29. The van der Waals surface area contributed by atoms with E-state index >= 15 is 0 Å². The minimum Gasteiger partial charge on any atom is -0.378 e. The molecule has 3 aromatic heterocycles. The number of nitrogens with zero attached hydrogens (tertiary/aromatic N) is 4. The fraction of sp³-hybridized carbons (Fsp3) is 0.263. The Bertz CT molecular complexity index is 906. The smallest absolute Gasteiger partial charge is 0.273 e. The van der Waals surface area contributed by atoms with Crippen LogP contribution in [0.25, 0.3) is 11.3 Å². The van der Waals surface area contributed by atoms with Crippen LogP contribution in [-0.4, -0.2) is 47.3 Å². The zero-order chi connectivity index (χ0) is 18.5. The summed E-state index contributed by atoms with van der Waals surface area (Å²) in [5.74, 6) is 1.08. The Hall–Kier alpha value is -3.26. The number of amides is 1. The molecule has 0 spiro atoms. The number of carbonyl (C=O) groups excluding carboxylic acids is 1. The van der Waals surface area contributed by atoms with Gasteiger partial charge in [-0.1, -0.05) is 11.2 Å². The van der Waals surface area contributed by atoms with E-state index in [1.54, 1.807) is 30.7 Å². The molecule has 1 N–H and O–H groups in total. The van der Waals surface area contributed by atoms with Crippen molar-refractivity contribution in [2.45, 2.75) is 6.54 Å². The third-order valence-electron chi connectivity index (χ3n) is 4.31. The number of ether oxygens (including phenoxy) is 1. The maximum absolute atomic E-state index is 12.4. The lowest BCUT2D eigenvalue weighted by molar-refractivity contribution is 0.0941. The van der Waals surface area contributed by atoms with Gasteiger partial charge in [-0.15, -0.1) is 0 Å². The van der Waals surface area contributed by atoms with E-state index in [-0.39, 0.29) is 11.6 Å². The third-order valence-corrected chi connectivity index (χ3v) is 4.31. The second-order valence-corrected chi connectivity index (χ2v) is 6.09. The summed E-state index contributed by atoms with van der Waals surface area (Å²) in [4.78, 5) is 23.1. The Morgan fingerprint density at radius 2 is 2.04 bits per heavy atom. The summed E-state index contributed by atoms with van der Waals surface area (Å²) >= 11 is 0. The quantitative estimate of drug-likeness (QED) is 0.738. The number of hydrogen-bond acceptors (Lipinski definition) is 7. The highest BCUT2D eigenvalue weighted by atomic mass is 16.5. The first kappa shape index (κ1) is 17.2. The minimum atomic E-state index is -0.300. The second kappa shape index (κ2) is 7.96. The fourth-order valence-corrected chi connectivity index (χ4v) is 2.92. The van der Waals surface area contributed by atoms with Crippen LogP contribution < -0.4 is 10.2 Å². The molecule has 138 valence electrons. The van der Waals surface area contributed by atoms with Crippen molar-refractivity contribution in [3.05, 3.63) is 60.2 Å². The zero-order valence-corrected chi connectivity index (χ0v) is 14.7. The summed E-state index contributed by atoms with van der Waals surface area (Å²) in [5, 5.41) is 6.74. The molecule has 27 heavy (non-hydrogen) atoms. The molecule has 1 aliphatic heterocycles. The number of morpholine rings is 1. The van der Waals surface area contributed by atoms with Crippen LogP contribution in [0.2, 0.25) is 0 Å². The molecule has 4 rings (SSSR count). The Morgan fingerprint density at radius 1 is 1.19 bits per heavy atom. The summed E-state index contributed by atoms with van der Waals surface area (Å²) < 4.78 is 10.7. The van der Waals surface area contributed by atoms with E-state index in [1.807, 2.05) is 18.2 Å². The average Bonchev–Trinajstić information content (AvgIpc) is 3.24. The van der Waals surface area contributed by atoms with Gasteiger partial charge in [0.2, 0.25) is 0 Å². The first-order valence-electron chi connectivity index (χ1n) is 8.73. The molecule has 1 fully saturated rings. The lowest BCUT2D eigenvalue weighted by atomic mass is 10.2. The van der Waals surface area contributed by atoms with E-state index in [4.69, 9.17) is 9.26 Å². The summed E-state index contributed by atoms with van der Waals surface area (Å²) in [6.07, 6.45) is 5.09. The largest absolute Gasteiger partial charge is 0.378 e. The van der Waals surface area contributed by atoms with Crippen molar-refractivity contribution in [1.29, 1.82) is 0 Å². The van der Waals surface area contributed by atoms with E-state index < -0.39 is 0 Å². The number of hydrogen-bond donors (Lipinski definition) is 1. The van der Waals surface area contributed by atoms with Crippen molar-refractivity contribution < 1.29 is 14.1 Å². The maximum atomic E-state index is 12.4. The van der Waals surface area contributed by atoms with Crippen molar-refractivity contribution in [3.8, 4) is 11.3 Å². The topological polar surface area (TPSA) is 93.4 Å². The predicted octanol–water partition coefficient (Wildman–Crippen LogP) is 1.90. The molecular formula is C19H19N5O3. The van der Waals surface area contributed by atoms with Crippen LogP contribution >= 0.6 is 0 Å². The van der Waals surface area contributed by atoms with E-state index in [9.17, 15) is 4.79 Å². The van der Waals surface area contributed by atoms with Crippen LogP contribution in [0, 0.1) is 0 Å². The van der Waals surface area contributed by atoms with Crippen molar-refractivity contribution in [2.75, 3.05) is 31.2 Å². The van der Waals surface area contributed by atoms with Gasteiger partial charge in [0, 0.05) is 55.4 Å². The summed E-state index contributed by atoms with van der Waals surface area (Å²) in [7, 11) is 0.